The average molecular weight is 417 g/mol. The van der Waals surface area contributed by atoms with Crippen LogP contribution in [0.1, 0.15) is 48.3 Å². The van der Waals surface area contributed by atoms with E-state index in [1.165, 1.54) is 36.0 Å². The topological polar surface area (TPSA) is 32.3 Å². The van der Waals surface area contributed by atoms with Crippen molar-refractivity contribution in [2.75, 3.05) is 13.1 Å². The Morgan fingerprint density at radius 1 is 1.25 bits per heavy atom. The zero-order chi connectivity index (χ0) is 18.4. The van der Waals surface area contributed by atoms with Crippen LogP contribution >= 0.6 is 23.7 Å². The second kappa shape index (κ2) is 7.81. The number of piperidine rings is 1. The molecule has 2 saturated carbocycles. The van der Waals surface area contributed by atoms with Crippen molar-refractivity contribution in [3.8, 4) is 0 Å². The molecule has 3 atom stereocenters. The molecule has 1 aromatic carbocycles. The maximum atomic E-state index is 13.5. The molecule has 5 rings (SSSR count). The lowest BCUT2D eigenvalue weighted by Crippen LogP contribution is -2.39. The number of thiophene rings is 1. The molecule has 0 bridgehead atoms. The Labute approximate surface area is 177 Å². The van der Waals surface area contributed by atoms with Gasteiger partial charge < -0.3 is 10.2 Å². The zero-order valence-corrected chi connectivity index (χ0v) is 18.0. The van der Waals surface area contributed by atoms with Crippen LogP contribution in [0.3, 0.4) is 0 Å². The molecule has 3 fully saturated rings. The molecule has 3 unspecified atom stereocenters. The lowest BCUT2D eigenvalue weighted by Gasteiger charge is -2.30. The predicted molar refractivity (Wildman–Crippen MR) is 117 cm³/mol. The Bertz CT molecular complexity index is 831. The zero-order valence-electron chi connectivity index (χ0n) is 16.4. The summed E-state index contributed by atoms with van der Waals surface area (Å²) in [7, 11) is 0. The van der Waals surface area contributed by atoms with Crippen molar-refractivity contribution < 1.29 is 4.79 Å². The highest BCUT2D eigenvalue weighted by molar-refractivity contribution is 7.07. The van der Waals surface area contributed by atoms with Crippen LogP contribution < -0.4 is 5.32 Å². The average Bonchev–Trinajstić information content (AvgIpc) is 3.55. The van der Waals surface area contributed by atoms with E-state index in [4.69, 9.17) is 0 Å². The molecule has 3 nitrogen and oxygen atoms in total. The van der Waals surface area contributed by atoms with Crippen LogP contribution in [0.2, 0.25) is 0 Å². The van der Waals surface area contributed by atoms with Gasteiger partial charge >= 0.3 is 0 Å². The summed E-state index contributed by atoms with van der Waals surface area (Å²) < 4.78 is 0. The van der Waals surface area contributed by atoms with Gasteiger partial charge in [0.05, 0.1) is 0 Å². The quantitative estimate of drug-likeness (QED) is 0.762. The number of amides is 1. The van der Waals surface area contributed by atoms with E-state index >= 15 is 0 Å². The van der Waals surface area contributed by atoms with E-state index in [-0.39, 0.29) is 18.3 Å². The fourth-order valence-corrected chi connectivity index (χ4v) is 5.84. The largest absolute Gasteiger partial charge is 0.335 e. The number of hydrogen-bond acceptors (Lipinski definition) is 3. The van der Waals surface area contributed by atoms with Gasteiger partial charge in [-0.3, -0.25) is 4.79 Å². The molecule has 1 aromatic heterocycles. The molecular formula is C23H29ClN2OS. The maximum Gasteiger partial charge on any atom is 0.226 e. The second-order valence-corrected chi connectivity index (χ2v) is 9.52. The van der Waals surface area contributed by atoms with Gasteiger partial charge in [0.2, 0.25) is 5.91 Å². The normalized spacial score (nSPS) is 27.1. The van der Waals surface area contributed by atoms with E-state index in [9.17, 15) is 4.79 Å². The van der Waals surface area contributed by atoms with Crippen molar-refractivity contribution >= 4 is 29.7 Å². The highest BCUT2D eigenvalue weighted by Gasteiger charge is 2.59. The monoisotopic (exact) mass is 416 g/mol. The van der Waals surface area contributed by atoms with Crippen LogP contribution in [0.25, 0.3) is 0 Å². The summed E-state index contributed by atoms with van der Waals surface area (Å²) in [6.07, 6.45) is 4.66. The first-order valence-corrected chi connectivity index (χ1v) is 11.2. The second-order valence-electron chi connectivity index (χ2n) is 8.74. The number of nitrogens with zero attached hydrogens (tertiary/aromatic N) is 1. The number of benzene rings is 1. The summed E-state index contributed by atoms with van der Waals surface area (Å²) in [6, 6.07) is 11.2. The summed E-state index contributed by atoms with van der Waals surface area (Å²) in [6.45, 7) is 5.17. The van der Waals surface area contributed by atoms with Gasteiger partial charge in [-0.25, -0.2) is 0 Å². The van der Waals surface area contributed by atoms with E-state index in [2.05, 4.69) is 58.2 Å². The molecule has 2 heterocycles. The van der Waals surface area contributed by atoms with Gasteiger partial charge in [0.25, 0.3) is 0 Å². The Morgan fingerprint density at radius 2 is 2.04 bits per heavy atom. The molecule has 0 radical (unpaired) electrons. The van der Waals surface area contributed by atoms with Crippen molar-refractivity contribution in [3.05, 3.63) is 57.8 Å². The molecule has 2 aromatic rings. The smallest absolute Gasteiger partial charge is 0.226 e. The minimum atomic E-state index is 0. The van der Waals surface area contributed by atoms with Crippen LogP contribution in [-0.2, 0) is 11.3 Å². The predicted octanol–water partition coefficient (Wildman–Crippen LogP) is 4.75. The Hall–Kier alpha value is -1.36. The first kappa shape index (κ1) is 19.9. The van der Waals surface area contributed by atoms with Crippen LogP contribution in [0.15, 0.2) is 41.1 Å². The molecule has 1 aliphatic heterocycles. The SMILES string of the molecule is Cc1ccccc1C1CC1C(=O)N(Cc1ccsc1)C1CC12CCNCC2.Cl. The summed E-state index contributed by atoms with van der Waals surface area (Å²) in [5.41, 5.74) is 4.38. The molecule has 28 heavy (non-hydrogen) atoms. The van der Waals surface area contributed by atoms with Crippen molar-refractivity contribution in [1.29, 1.82) is 0 Å². The van der Waals surface area contributed by atoms with E-state index in [1.54, 1.807) is 11.3 Å². The summed E-state index contributed by atoms with van der Waals surface area (Å²) >= 11 is 1.73. The number of carbonyl (C=O) groups is 1. The number of carbonyl (C=O) groups excluding carboxylic acids is 1. The maximum absolute atomic E-state index is 13.5. The molecule has 150 valence electrons. The number of nitrogens with one attached hydrogen (secondary N) is 1. The van der Waals surface area contributed by atoms with Gasteiger partial charge in [0, 0.05) is 18.5 Å². The summed E-state index contributed by atoms with van der Waals surface area (Å²) in [5.74, 6) is 1.00. The van der Waals surface area contributed by atoms with Crippen LogP contribution in [0.4, 0.5) is 0 Å². The molecule has 5 heteroatoms. The van der Waals surface area contributed by atoms with Gasteiger partial charge in [0.1, 0.15) is 0 Å². The fourth-order valence-electron chi connectivity index (χ4n) is 5.18. The number of aryl methyl sites for hydroxylation is 1. The minimum Gasteiger partial charge on any atom is -0.335 e. The van der Waals surface area contributed by atoms with Gasteiger partial charge in [-0.05, 0) is 90.5 Å². The Morgan fingerprint density at radius 3 is 2.75 bits per heavy atom. The Balaban J connectivity index is 0.00000192. The third-order valence-corrected chi connectivity index (χ3v) is 7.77. The summed E-state index contributed by atoms with van der Waals surface area (Å²) in [4.78, 5) is 15.8. The Kier molecular flexibility index (Phi) is 5.56. The van der Waals surface area contributed by atoms with Gasteiger partial charge in [-0.2, -0.15) is 11.3 Å². The third-order valence-electron chi connectivity index (χ3n) is 7.03. The van der Waals surface area contributed by atoms with Crippen LogP contribution in [0, 0.1) is 18.3 Å². The lowest BCUT2D eigenvalue weighted by molar-refractivity contribution is -0.134. The highest BCUT2D eigenvalue weighted by Crippen LogP contribution is 2.58. The molecule has 1 saturated heterocycles. The van der Waals surface area contributed by atoms with Crippen molar-refractivity contribution in [2.24, 2.45) is 11.3 Å². The van der Waals surface area contributed by atoms with Gasteiger partial charge in [-0.15, -0.1) is 12.4 Å². The number of rotatable bonds is 5. The molecular weight excluding hydrogens is 388 g/mol. The van der Waals surface area contributed by atoms with E-state index in [1.807, 2.05) is 0 Å². The molecule has 3 aliphatic rings. The molecule has 1 amide bonds. The lowest BCUT2D eigenvalue weighted by atomic mass is 9.93. The molecule has 2 aliphatic carbocycles. The summed E-state index contributed by atoms with van der Waals surface area (Å²) in [5, 5.41) is 7.80. The van der Waals surface area contributed by atoms with Gasteiger partial charge in [0.15, 0.2) is 0 Å². The van der Waals surface area contributed by atoms with Crippen molar-refractivity contribution in [1.82, 2.24) is 10.2 Å². The third kappa shape index (κ3) is 3.62. The van der Waals surface area contributed by atoms with Crippen LogP contribution in [-0.4, -0.2) is 29.9 Å². The molecule has 1 spiro atoms. The standard InChI is InChI=1S/C23H28N2OS.ClH/c1-16-4-2-3-5-18(16)19-12-20(19)22(26)25(14-17-6-11-27-15-17)21-13-23(21)7-9-24-10-8-23;/h2-6,11,15,19-21,24H,7-10,12-14H2,1H3;1H. The van der Waals surface area contributed by atoms with E-state index in [0.717, 1.165) is 26.1 Å². The first-order chi connectivity index (χ1) is 13.2. The first-order valence-electron chi connectivity index (χ1n) is 10.3. The number of hydrogen-bond donors (Lipinski definition) is 1. The number of halogens is 1. The fraction of sp³-hybridized carbons (Fsp3) is 0.522. The van der Waals surface area contributed by atoms with E-state index in [0.29, 0.717) is 23.3 Å². The minimum absolute atomic E-state index is 0. The molecule has 1 N–H and O–H groups in total. The highest BCUT2D eigenvalue weighted by atomic mass is 35.5. The van der Waals surface area contributed by atoms with Crippen molar-refractivity contribution in [3.63, 3.8) is 0 Å². The van der Waals surface area contributed by atoms with E-state index < -0.39 is 0 Å². The van der Waals surface area contributed by atoms with Gasteiger partial charge in [-0.1, -0.05) is 24.3 Å². The van der Waals surface area contributed by atoms with Crippen molar-refractivity contribution in [2.45, 2.75) is 51.1 Å². The van der Waals surface area contributed by atoms with Crippen LogP contribution in [0.5, 0.6) is 0 Å².